The smallest absolute Gasteiger partial charge is 0.327 e. The second kappa shape index (κ2) is 5.70. The first kappa shape index (κ1) is 13.8. The fourth-order valence-corrected chi connectivity index (χ4v) is 2.90. The van der Waals surface area contributed by atoms with Crippen LogP contribution in [-0.4, -0.2) is 18.6 Å². The Balaban J connectivity index is 1.71. The van der Waals surface area contributed by atoms with Crippen LogP contribution in [0.15, 0.2) is 54.6 Å². The van der Waals surface area contributed by atoms with E-state index in [1.807, 2.05) is 49.5 Å². The molecule has 0 radical (unpaired) electrons. The number of hydrogen-bond acceptors (Lipinski definition) is 3. The number of esters is 1. The van der Waals surface area contributed by atoms with Gasteiger partial charge in [-0.2, -0.15) is 0 Å². The molecule has 21 heavy (non-hydrogen) atoms. The average molecular weight is 281 g/mol. The number of nitrogens with one attached hydrogen (secondary N) is 1. The second-order valence-electron chi connectivity index (χ2n) is 5.52. The van der Waals surface area contributed by atoms with E-state index in [4.69, 9.17) is 4.74 Å². The largest absolute Gasteiger partial charge is 0.459 e. The molecule has 2 aromatic carbocycles. The summed E-state index contributed by atoms with van der Waals surface area (Å²) in [7, 11) is 1.83. The van der Waals surface area contributed by atoms with Gasteiger partial charge < -0.3 is 10.1 Å². The maximum atomic E-state index is 12.6. The number of hydrogen-bond donors (Lipinski definition) is 1. The predicted molar refractivity (Wildman–Crippen MR) is 81.9 cm³/mol. The van der Waals surface area contributed by atoms with Crippen LogP contribution in [0.25, 0.3) is 0 Å². The van der Waals surface area contributed by atoms with Gasteiger partial charge >= 0.3 is 5.97 Å². The monoisotopic (exact) mass is 281 g/mol. The lowest BCUT2D eigenvalue weighted by Gasteiger charge is -2.26. The number of ether oxygens (including phenoxy) is 1. The molecule has 0 aromatic heterocycles. The molecule has 3 rings (SSSR count). The van der Waals surface area contributed by atoms with Crippen molar-refractivity contribution in [2.75, 3.05) is 7.05 Å². The molecule has 0 bridgehead atoms. The topological polar surface area (TPSA) is 38.3 Å². The standard InChI is InChI=1S/C18H19NO2/c1-19-18(11-15-9-5-6-10-16(15)12-18)17(20)21-13-14-7-3-2-4-8-14/h2-10,19H,11-13H2,1H3. The van der Waals surface area contributed by atoms with E-state index in [1.54, 1.807) is 0 Å². The summed E-state index contributed by atoms with van der Waals surface area (Å²) in [6, 6.07) is 18.0. The van der Waals surface area contributed by atoms with Crippen LogP contribution in [-0.2, 0) is 29.0 Å². The number of rotatable bonds is 4. The summed E-state index contributed by atoms with van der Waals surface area (Å²) < 4.78 is 5.54. The molecular formula is C18H19NO2. The van der Waals surface area contributed by atoms with Crippen LogP contribution in [0.4, 0.5) is 0 Å². The van der Waals surface area contributed by atoms with Crippen LogP contribution in [0.5, 0.6) is 0 Å². The van der Waals surface area contributed by atoms with Gasteiger partial charge in [-0.15, -0.1) is 0 Å². The average Bonchev–Trinajstić information content (AvgIpc) is 2.93. The van der Waals surface area contributed by atoms with Crippen molar-refractivity contribution >= 4 is 5.97 Å². The van der Waals surface area contributed by atoms with E-state index < -0.39 is 5.54 Å². The molecule has 3 nitrogen and oxygen atoms in total. The molecule has 0 heterocycles. The quantitative estimate of drug-likeness (QED) is 0.875. The first-order valence-corrected chi connectivity index (χ1v) is 7.20. The summed E-state index contributed by atoms with van der Waals surface area (Å²) in [5.74, 6) is -0.176. The van der Waals surface area contributed by atoms with Gasteiger partial charge in [0.05, 0.1) is 0 Å². The Hall–Kier alpha value is -2.13. The van der Waals surface area contributed by atoms with Crippen LogP contribution in [0, 0.1) is 0 Å². The zero-order chi connectivity index (χ0) is 14.7. The highest BCUT2D eigenvalue weighted by molar-refractivity contribution is 5.83. The van der Waals surface area contributed by atoms with Crippen LogP contribution >= 0.6 is 0 Å². The van der Waals surface area contributed by atoms with E-state index in [1.165, 1.54) is 11.1 Å². The number of carbonyl (C=O) groups is 1. The molecule has 2 aromatic rings. The number of benzene rings is 2. The van der Waals surface area contributed by atoms with Crippen LogP contribution in [0.1, 0.15) is 16.7 Å². The van der Waals surface area contributed by atoms with Gasteiger partial charge in [-0.05, 0) is 23.7 Å². The molecule has 3 heteroatoms. The molecule has 0 fully saturated rings. The Kier molecular flexibility index (Phi) is 3.76. The van der Waals surface area contributed by atoms with Crippen molar-refractivity contribution in [2.45, 2.75) is 25.0 Å². The van der Waals surface area contributed by atoms with Gasteiger partial charge in [-0.1, -0.05) is 54.6 Å². The SMILES string of the molecule is CNC1(C(=O)OCc2ccccc2)Cc2ccccc2C1. The maximum absolute atomic E-state index is 12.6. The van der Waals surface area contributed by atoms with E-state index in [0.29, 0.717) is 19.4 Å². The zero-order valence-electron chi connectivity index (χ0n) is 12.1. The Labute approximate surface area is 124 Å². The minimum Gasteiger partial charge on any atom is -0.459 e. The third kappa shape index (κ3) is 2.69. The Morgan fingerprint density at radius 1 is 1.05 bits per heavy atom. The lowest BCUT2D eigenvalue weighted by atomic mass is 9.96. The molecule has 0 spiro atoms. The first-order valence-electron chi connectivity index (χ1n) is 7.20. The van der Waals surface area contributed by atoms with Crippen LogP contribution in [0.3, 0.4) is 0 Å². The van der Waals surface area contributed by atoms with Gasteiger partial charge in [-0.3, -0.25) is 4.79 Å². The second-order valence-corrected chi connectivity index (χ2v) is 5.52. The van der Waals surface area contributed by atoms with Gasteiger partial charge in [0, 0.05) is 12.8 Å². The molecular weight excluding hydrogens is 262 g/mol. The molecule has 0 unspecified atom stereocenters. The third-order valence-electron chi connectivity index (χ3n) is 4.18. The van der Waals surface area contributed by atoms with Gasteiger partial charge in [0.1, 0.15) is 12.1 Å². The highest BCUT2D eigenvalue weighted by Gasteiger charge is 2.43. The lowest BCUT2D eigenvalue weighted by molar-refractivity contribution is -0.152. The number of fused-ring (bicyclic) bond motifs is 1. The highest BCUT2D eigenvalue weighted by atomic mass is 16.5. The molecule has 1 N–H and O–H groups in total. The van der Waals surface area contributed by atoms with E-state index in [2.05, 4.69) is 17.4 Å². The molecule has 1 aliphatic carbocycles. The Morgan fingerprint density at radius 2 is 1.62 bits per heavy atom. The lowest BCUT2D eigenvalue weighted by Crippen LogP contribution is -2.52. The van der Waals surface area contributed by atoms with Gasteiger partial charge in [0.2, 0.25) is 0 Å². The van der Waals surface area contributed by atoms with Gasteiger partial charge in [0.25, 0.3) is 0 Å². The molecule has 0 atom stereocenters. The van der Waals surface area contributed by atoms with Crippen molar-refractivity contribution in [1.29, 1.82) is 0 Å². The molecule has 0 amide bonds. The van der Waals surface area contributed by atoms with Crippen molar-refractivity contribution in [3.05, 3.63) is 71.3 Å². The maximum Gasteiger partial charge on any atom is 0.327 e. The fraction of sp³-hybridized carbons (Fsp3) is 0.278. The summed E-state index contributed by atoms with van der Waals surface area (Å²) in [5.41, 5.74) is 2.83. The minimum absolute atomic E-state index is 0.176. The predicted octanol–water partition coefficient (Wildman–Crippen LogP) is 2.49. The zero-order valence-corrected chi connectivity index (χ0v) is 12.1. The summed E-state index contributed by atoms with van der Waals surface area (Å²) in [5, 5.41) is 3.19. The molecule has 108 valence electrons. The number of likely N-dealkylation sites (N-methyl/N-ethyl adjacent to an activating group) is 1. The Bertz CT molecular complexity index is 612. The third-order valence-corrected chi connectivity index (χ3v) is 4.18. The summed E-state index contributed by atoms with van der Waals surface area (Å²) >= 11 is 0. The fourth-order valence-electron chi connectivity index (χ4n) is 2.90. The summed E-state index contributed by atoms with van der Waals surface area (Å²) in [4.78, 5) is 12.6. The molecule has 1 aliphatic rings. The Morgan fingerprint density at radius 3 is 2.19 bits per heavy atom. The number of carbonyl (C=O) groups excluding carboxylic acids is 1. The van der Waals surface area contributed by atoms with E-state index in [0.717, 1.165) is 5.56 Å². The van der Waals surface area contributed by atoms with Crippen molar-refractivity contribution < 1.29 is 9.53 Å². The van der Waals surface area contributed by atoms with Crippen molar-refractivity contribution in [2.24, 2.45) is 0 Å². The summed E-state index contributed by atoms with van der Waals surface area (Å²) in [6.07, 6.45) is 1.38. The van der Waals surface area contributed by atoms with Crippen molar-refractivity contribution in [3.8, 4) is 0 Å². The van der Waals surface area contributed by atoms with Crippen molar-refractivity contribution in [3.63, 3.8) is 0 Å². The van der Waals surface area contributed by atoms with E-state index >= 15 is 0 Å². The molecule has 0 saturated carbocycles. The van der Waals surface area contributed by atoms with Crippen LogP contribution in [0.2, 0.25) is 0 Å². The van der Waals surface area contributed by atoms with E-state index in [9.17, 15) is 4.79 Å². The first-order chi connectivity index (χ1) is 10.2. The normalized spacial score (nSPS) is 15.5. The van der Waals surface area contributed by atoms with Crippen molar-refractivity contribution in [1.82, 2.24) is 5.32 Å². The van der Waals surface area contributed by atoms with Gasteiger partial charge in [-0.25, -0.2) is 0 Å². The molecule has 0 saturated heterocycles. The summed E-state index contributed by atoms with van der Waals surface area (Å²) in [6.45, 7) is 0.319. The highest BCUT2D eigenvalue weighted by Crippen LogP contribution is 2.31. The van der Waals surface area contributed by atoms with Crippen LogP contribution < -0.4 is 5.32 Å². The van der Waals surface area contributed by atoms with E-state index in [-0.39, 0.29) is 5.97 Å². The molecule has 0 aliphatic heterocycles. The van der Waals surface area contributed by atoms with Gasteiger partial charge in [0.15, 0.2) is 0 Å². The minimum atomic E-state index is -0.627.